The quantitative estimate of drug-likeness (QED) is 0.518. The molecule has 1 spiro atoms. The minimum absolute atomic E-state index is 0.0725. The molecule has 0 radical (unpaired) electrons. The van der Waals surface area contributed by atoms with Crippen LogP contribution in [0.25, 0.3) is 0 Å². The molecule has 0 unspecified atom stereocenters. The van der Waals surface area contributed by atoms with Gasteiger partial charge in [-0.1, -0.05) is 30.3 Å². The molecule has 3 atom stereocenters. The van der Waals surface area contributed by atoms with Gasteiger partial charge in [-0.3, -0.25) is 9.69 Å². The van der Waals surface area contributed by atoms with E-state index < -0.39 is 18.2 Å². The van der Waals surface area contributed by atoms with Gasteiger partial charge in [0.1, 0.15) is 19.3 Å². The van der Waals surface area contributed by atoms with Crippen LogP contribution >= 0.6 is 0 Å². The maximum atomic E-state index is 13.4. The predicted octanol–water partition coefficient (Wildman–Crippen LogP) is 2.21. The standard InChI is InChI=1S/C27H40N4O6/c1-3-28-25(34)36-19-22(9-13-29-14-12-27(10-11-27)23(32)17-29)31-16-15-30(20(2)24(31)33)26(35)37-18-21-7-5-4-6-8-21/h4-8,20,22-23,32H,3,9-19H2,1-2H3,(H,28,34)/t20-,22-,23+/m0/s1. The second kappa shape index (κ2) is 12.1. The van der Waals surface area contributed by atoms with E-state index in [1.54, 1.807) is 11.8 Å². The SMILES string of the molecule is CCNC(=O)OC[C@H](CCN1CCC2(CC2)[C@H](O)C1)N1CCN(C(=O)OCc2ccccc2)[C@@H](C)C1=O. The lowest BCUT2D eigenvalue weighted by Gasteiger charge is -2.43. The van der Waals surface area contributed by atoms with Crippen LogP contribution < -0.4 is 5.32 Å². The van der Waals surface area contributed by atoms with Gasteiger partial charge in [0.2, 0.25) is 5.91 Å². The van der Waals surface area contributed by atoms with Gasteiger partial charge in [0.05, 0.1) is 12.1 Å². The molecule has 2 N–H and O–H groups in total. The van der Waals surface area contributed by atoms with Crippen molar-refractivity contribution in [1.29, 1.82) is 0 Å². The fourth-order valence-corrected chi connectivity index (χ4v) is 5.36. The zero-order valence-corrected chi connectivity index (χ0v) is 21.9. The first kappa shape index (κ1) is 27.2. The minimum atomic E-state index is -0.685. The van der Waals surface area contributed by atoms with Gasteiger partial charge in [0, 0.05) is 32.7 Å². The van der Waals surface area contributed by atoms with Crippen LogP contribution in [0.3, 0.4) is 0 Å². The number of rotatable bonds is 9. The van der Waals surface area contributed by atoms with Gasteiger partial charge in [-0.2, -0.15) is 0 Å². The Morgan fingerprint density at radius 2 is 1.89 bits per heavy atom. The van der Waals surface area contributed by atoms with Crippen molar-refractivity contribution in [3.63, 3.8) is 0 Å². The Labute approximate surface area is 218 Å². The highest BCUT2D eigenvalue weighted by Crippen LogP contribution is 2.53. The summed E-state index contributed by atoms with van der Waals surface area (Å²) in [4.78, 5) is 43.5. The first-order valence-electron chi connectivity index (χ1n) is 13.4. The molecule has 4 rings (SSSR count). The molecule has 2 aliphatic heterocycles. The molecule has 1 aromatic carbocycles. The second-order valence-electron chi connectivity index (χ2n) is 10.4. The van der Waals surface area contributed by atoms with E-state index in [0.717, 1.165) is 31.4 Å². The summed E-state index contributed by atoms with van der Waals surface area (Å²) in [6, 6.07) is 8.41. The van der Waals surface area contributed by atoms with Gasteiger partial charge in [-0.25, -0.2) is 9.59 Å². The number of β-amino-alcohol motifs (C(OH)–C–C–N with tert-alkyl or cyclic N) is 1. The largest absolute Gasteiger partial charge is 0.447 e. The van der Waals surface area contributed by atoms with Crippen molar-refractivity contribution in [2.24, 2.45) is 5.41 Å². The van der Waals surface area contributed by atoms with Crippen LogP contribution in [0.4, 0.5) is 9.59 Å². The van der Waals surface area contributed by atoms with Crippen molar-refractivity contribution < 1.29 is 29.0 Å². The number of hydrogen-bond donors (Lipinski definition) is 2. The lowest BCUT2D eigenvalue weighted by Crippen LogP contribution is -2.61. The zero-order valence-electron chi connectivity index (χ0n) is 21.9. The third-order valence-electron chi connectivity index (χ3n) is 8.03. The number of piperazine rings is 1. The fraction of sp³-hybridized carbons (Fsp3) is 0.667. The van der Waals surface area contributed by atoms with Crippen LogP contribution in [0.5, 0.6) is 0 Å². The highest BCUT2D eigenvalue weighted by atomic mass is 16.6. The smallest absolute Gasteiger partial charge is 0.410 e. The molecule has 204 valence electrons. The number of nitrogens with one attached hydrogen (secondary N) is 1. The van der Waals surface area contributed by atoms with E-state index in [0.29, 0.717) is 39.1 Å². The van der Waals surface area contributed by atoms with Crippen molar-refractivity contribution in [2.75, 3.05) is 45.9 Å². The van der Waals surface area contributed by atoms with E-state index in [1.165, 1.54) is 4.90 Å². The van der Waals surface area contributed by atoms with E-state index >= 15 is 0 Å². The van der Waals surface area contributed by atoms with E-state index in [9.17, 15) is 19.5 Å². The van der Waals surface area contributed by atoms with Crippen LogP contribution in [0, 0.1) is 5.41 Å². The van der Waals surface area contributed by atoms with Gasteiger partial charge in [0.15, 0.2) is 0 Å². The number of aliphatic hydroxyl groups excluding tert-OH is 1. The molecule has 1 aromatic rings. The van der Waals surface area contributed by atoms with Crippen molar-refractivity contribution in [1.82, 2.24) is 20.0 Å². The first-order chi connectivity index (χ1) is 17.8. The number of aliphatic hydroxyl groups is 1. The zero-order chi connectivity index (χ0) is 26.4. The monoisotopic (exact) mass is 516 g/mol. The molecule has 2 saturated heterocycles. The van der Waals surface area contributed by atoms with E-state index in [1.807, 2.05) is 37.3 Å². The number of likely N-dealkylation sites (tertiary alicyclic amines) is 1. The minimum Gasteiger partial charge on any atom is -0.447 e. The number of alkyl carbamates (subject to hydrolysis) is 1. The normalized spacial score (nSPS) is 24.0. The molecule has 10 nitrogen and oxygen atoms in total. The number of carbonyl (C=O) groups is 3. The van der Waals surface area contributed by atoms with Crippen LogP contribution in [-0.2, 0) is 20.9 Å². The molecule has 1 saturated carbocycles. The van der Waals surface area contributed by atoms with Crippen molar-refractivity contribution in [3.05, 3.63) is 35.9 Å². The number of piperidine rings is 1. The molecule has 0 aromatic heterocycles. The molecular formula is C27H40N4O6. The summed E-state index contributed by atoms with van der Waals surface area (Å²) in [5.74, 6) is -0.192. The Balaban J connectivity index is 1.34. The van der Waals surface area contributed by atoms with Crippen LogP contribution in [0.1, 0.15) is 45.1 Å². The Bertz CT molecular complexity index is 940. The summed E-state index contributed by atoms with van der Waals surface area (Å²) in [5, 5.41) is 13.2. The fourth-order valence-electron chi connectivity index (χ4n) is 5.36. The van der Waals surface area contributed by atoms with Crippen LogP contribution in [0.15, 0.2) is 30.3 Å². The Hall–Kier alpha value is -2.85. The maximum Gasteiger partial charge on any atom is 0.410 e. The lowest BCUT2D eigenvalue weighted by molar-refractivity contribution is -0.144. The van der Waals surface area contributed by atoms with E-state index in [2.05, 4.69) is 10.2 Å². The summed E-state index contributed by atoms with van der Waals surface area (Å²) in [6.07, 6.45) is 2.48. The molecule has 37 heavy (non-hydrogen) atoms. The summed E-state index contributed by atoms with van der Waals surface area (Å²) >= 11 is 0. The molecule has 3 fully saturated rings. The van der Waals surface area contributed by atoms with Crippen molar-refractivity contribution in [3.8, 4) is 0 Å². The average Bonchev–Trinajstić information content (AvgIpc) is 3.68. The number of amides is 3. The van der Waals surface area contributed by atoms with Gasteiger partial charge >= 0.3 is 12.2 Å². The molecular weight excluding hydrogens is 476 g/mol. The van der Waals surface area contributed by atoms with Gasteiger partial charge in [-0.15, -0.1) is 0 Å². The highest BCUT2D eigenvalue weighted by Gasteiger charge is 2.51. The third kappa shape index (κ3) is 6.73. The van der Waals surface area contributed by atoms with E-state index in [4.69, 9.17) is 9.47 Å². The van der Waals surface area contributed by atoms with E-state index in [-0.39, 0.29) is 36.7 Å². The summed E-state index contributed by atoms with van der Waals surface area (Å²) in [7, 11) is 0. The third-order valence-corrected chi connectivity index (χ3v) is 8.03. The molecule has 3 amide bonds. The molecule has 3 aliphatic rings. The van der Waals surface area contributed by atoms with Crippen LogP contribution in [0.2, 0.25) is 0 Å². The molecule has 1 aliphatic carbocycles. The number of carbonyl (C=O) groups excluding carboxylic acids is 3. The average molecular weight is 517 g/mol. The predicted molar refractivity (Wildman–Crippen MR) is 137 cm³/mol. The highest BCUT2D eigenvalue weighted by molar-refractivity contribution is 5.86. The number of hydrogen-bond acceptors (Lipinski definition) is 7. The Morgan fingerprint density at radius 3 is 2.57 bits per heavy atom. The maximum absolute atomic E-state index is 13.4. The number of nitrogens with zero attached hydrogens (tertiary/aromatic N) is 3. The first-order valence-corrected chi connectivity index (χ1v) is 13.4. The topological polar surface area (TPSA) is 112 Å². The summed E-state index contributed by atoms with van der Waals surface area (Å²) in [5.41, 5.74) is 1.01. The number of benzene rings is 1. The Morgan fingerprint density at radius 1 is 1.14 bits per heavy atom. The molecule has 0 bridgehead atoms. The van der Waals surface area contributed by atoms with Gasteiger partial charge in [-0.05, 0) is 57.1 Å². The van der Waals surface area contributed by atoms with Gasteiger partial charge in [0.25, 0.3) is 0 Å². The van der Waals surface area contributed by atoms with Crippen LogP contribution in [-0.4, -0.2) is 102 Å². The lowest BCUT2D eigenvalue weighted by atomic mass is 9.90. The Kier molecular flexibility index (Phi) is 8.91. The van der Waals surface area contributed by atoms with Crippen molar-refractivity contribution in [2.45, 2.75) is 64.3 Å². The van der Waals surface area contributed by atoms with Gasteiger partial charge < -0.3 is 29.7 Å². The summed E-state index contributed by atoms with van der Waals surface area (Å²) in [6.45, 7) is 7.11. The molecule has 2 heterocycles. The molecule has 10 heteroatoms. The van der Waals surface area contributed by atoms with Crippen molar-refractivity contribution >= 4 is 18.1 Å². The number of ether oxygens (including phenoxy) is 2. The summed E-state index contributed by atoms with van der Waals surface area (Å²) < 4.78 is 10.9. The second-order valence-corrected chi connectivity index (χ2v) is 10.4.